The molecule has 55 heavy (non-hydrogen) atoms. The van der Waals surface area contributed by atoms with Crippen LogP contribution in [-0.4, -0.2) is 0 Å². The normalized spacial score (nSPS) is 18.0. The second-order valence-corrected chi connectivity index (χ2v) is 19.0. The zero-order chi connectivity index (χ0) is 38.2. The summed E-state index contributed by atoms with van der Waals surface area (Å²) in [5, 5.41) is 2.56. The largest absolute Gasteiger partial charge is 0.314 e. The van der Waals surface area contributed by atoms with Crippen molar-refractivity contribution in [3.05, 3.63) is 172 Å². The summed E-state index contributed by atoms with van der Waals surface area (Å²) in [5.74, 6) is 0. The van der Waals surface area contributed by atoms with Gasteiger partial charge < -0.3 is 9.80 Å². The van der Waals surface area contributed by atoms with Crippen LogP contribution < -0.4 is 9.80 Å². The van der Waals surface area contributed by atoms with E-state index in [9.17, 15) is 0 Å². The van der Waals surface area contributed by atoms with Gasteiger partial charge in [-0.2, -0.15) is 0 Å². The Hall–Kier alpha value is -5.34. The molecule has 2 nitrogen and oxygen atoms in total. The molecule has 3 heterocycles. The summed E-state index contributed by atoms with van der Waals surface area (Å²) >= 11 is 0. The molecule has 10 rings (SSSR count). The quantitative estimate of drug-likeness (QED) is 0.179. The van der Waals surface area contributed by atoms with Gasteiger partial charge in [0.05, 0.1) is 17.1 Å². The first-order chi connectivity index (χ1) is 26.2. The van der Waals surface area contributed by atoms with Crippen molar-refractivity contribution in [3.8, 4) is 11.1 Å². The zero-order valence-corrected chi connectivity index (χ0v) is 33.9. The number of hydrogen-bond donors (Lipinski definition) is 0. The Morgan fingerprint density at radius 3 is 1.56 bits per heavy atom. The third-order valence-electron chi connectivity index (χ3n) is 13.7. The van der Waals surface area contributed by atoms with Crippen LogP contribution in [0.5, 0.6) is 0 Å². The Balaban J connectivity index is 1.21. The monoisotopic (exact) mass is 716 g/mol. The SMILES string of the molecule is CC(C)(C)C1=CC=C(N(c2ccc(-c3cccc4ccccc34)cc2)c2cc3c4c(c2)C(C)(C)c2cccc5c2N4c2c(cccc2C3(C)C)C5(C)C)CC1. The summed E-state index contributed by atoms with van der Waals surface area (Å²) in [7, 11) is 0. The number of rotatable bonds is 4. The van der Waals surface area contributed by atoms with E-state index in [1.807, 2.05) is 0 Å². The van der Waals surface area contributed by atoms with Crippen molar-refractivity contribution >= 4 is 39.2 Å². The maximum atomic E-state index is 2.67. The van der Waals surface area contributed by atoms with Crippen LogP contribution in [0.2, 0.25) is 0 Å². The fourth-order valence-electron chi connectivity index (χ4n) is 10.5. The zero-order valence-electron chi connectivity index (χ0n) is 33.9. The third kappa shape index (κ3) is 4.73. The van der Waals surface area contributed by atoms with Gasteiger partial charge in [0.15, 0.2) is 0 Å². The smallest absolute Gasteiger partial charge is 0.0545 e. The summed E-state index contributed by atoms with van der Waals surface area (Å²) in [6.45, 7) is 21.7. The molecule has 0 spiro atoms. The summed E-state index contributed by atoms with van der Waals surface area (Å²) in [6.07, 6.45) is 6.86. The highest BCUT2D eigenvalue weighted by atomic mass is 15.2. The molecule has 0 amide bonds. The average Bonchev–Trinajstić information content (AvgIpc) is 3.17. The van der Waals surface area contributed by atoms with Gasteiger partial charge in [0.1, 0.15) is 0 Å². The highest BCUT2D eigenvalue weighted by Gasteiger charge is 2.51. The summed E-state index contributed by atoms with van der Waals surface area (Å²) < 4.78 is 0. The first-order valence-corrected chi connectivity index (χ1v) is 20.2. The van der Waals surface area contributed by atoms with Crippen molar-refractivity contribution in [3.63, 3.8) is 0 Å². The van der Waals surface area contributed by atoms with E-state index in [2.05, 4.69) is 200 Å². The predicted molar refractivity (Wildman–Crippen MR) is 234 cm³/mol. The van der Waals surface area contributed by atoms with Gasteiger partial charge in [-0.05, 0) is 104 Å². The highest BCUT2D eigenvalue weighted by molar-refractivity contribution is 6.00. The van der Waals surface area contributed by atoms with Crippen molar-refractivity contribution in [2.45, 2.75) is 91.4 Å². The lowest BCUT2D eigenvalue weighted by molar-refractivity contribution is 0.479. The molecule has 0 radical (unpaired) electrons. The van der Waals surface area contributed by atoms with Gasteiger partial charge in [-0.1, -0.05) is 165 Å². The minimum Gasteiger partial charge on any atom is -0.314 e. The van der Waals surface area contributed by atoms with E-state index < -0.39 is 0 Å². The Morgan fingerprint density at radius 1 is 0.509 bits per heavy atom. The van der Waals surface area contributed by atoms with Gasteiger partial charge in [-0.25, -0.2) is 0 Å². The molecule has 0 atom stereocenters. The molecule has 4 aliphatic rings. The second kappa shape index (κ2) is 11.4. The molecular weight excluding hydrogens is 665 g/mol. The molecule has 0 aromatic heterocycles. The van der Waals surface area contributed by atoms with Crippen LogP contribution in [0.4, 0.5) is 28.4 Å². The Bertz CT molecular complexity index is 2560. The molecule has 0 N–H and O–H groups in total. The molecule has 3 aliphatic heterocycles. The number of nitrogens with zero attached hydrogens (tertiary/aromatic N) is 2. The number of fused-ring (bicyclic) bond motifs is 1. The lowest BCUT2D eigenvalue weighted by atomic mass is 9.61. The summed E-state index contributed by atoms with van der Waals surface area (Å²) in [4.78, 5) is 5.25. The van der Waals surface area contributed by atoms with Gasteiger partial charge in [0.25, 0.3) is 0 Å². The topological polar surface area (TPSA) is 6.48 Å². The average molecular weight is 717 g/mol. The molecule has 0 fully saturated rings. The predicted octanol–water partition coefficient (Wildman–Crippen LogP) is 14.7. The van der Waals surface area contributed by atoms with Gasteiger partial charge in [-0.3, -0.25) is 0 Å². The Labute approximate surface area is 327 Å². The van der Waals surface area contributed by atoms with E-state index in [-0.39, 0.29) is 21.7 Å². The molecule has 6 aromatic rings. The fraction of sp³-hybridized carbons (Fsp3) is 0.283. The van der Waals surface area contributed by atoms with Crippen LogP contribution in [0.1, 0.15) is 109 Å². The number of anilines is 5. The van der Waals surface area contributed by atoms with Crippen LogP contribution in [0.15, 0.2) is 139 Å². The fourth-order valence-corrected chi connectivity index (χ4v) is 10.5. The lowest BCUT2D eigenvalue weighted by Crippen LogP contribution is -2.43. The summed E-state index contributed by atoms with van der Waals surface area (Å²) in [5.41, 5.74) is 20.1. The molecule has 0 unspecified atom stereocenters. The van der Waals surface area contributed by atoms with E-state index in [1.54, 1.807) is 0 Å². The van der Waals surface area contributed by atoms with E-state index >= 15 is 0 Å². The molecule has 1 aliphatic carbocycles. The van der Waals surface area contributed by atoms with Gasteiger partial charge in [0.2, 0.25) is 0 Å². The van der Waals surface area contributed by atoms with Crippen molar-refractivity contribution in [1.82, 2.24) is 0 Å². The van der Waals surface area contributed by atoms with Crippen LogP contribution in [0.3, 0.4) is 0 Å². The van der Waals surface area contributed by atoms with E-state index in [4.69, 9.17) is 0 Å². The molecule has 2 heteroatoms. The van der Waals surface area contributed by atoms with Crippen molar-refractivity contribution in [2.75, 3.05) is 9.80 Å². The minimum atomic E-state index is -0.206. The van der Waals surface area contributed by atoms with Gasteiger partial charge in [0, 0.05) is 33.3 Å². The number of benzene rings is 6. The lowest BCUT2D eigenvalue weighted by Gasteiger charge is -2.55. The van der Waals surface area contributed by atoms with Crippen molar-refractivity contribution in [1.29, 1.82) is 0 Å². The van der Waals surface area contributed by atoms with Crippen LogP contribution in [0.25, 0.3) is 21.9 Å². The molecule has 0 bridgehead atoms. The van der Waals surface area contributed by atoms with E-state index in [0.29, 0.717) is 0 Å². The van der Waals surface area contributed by atoms with Crippen LogP contribution in [-0.2, 0) is 16.2 Å². The minimum absolute atomic E-state index is 0.101. The summed E-state index contributed by atoms with van der Waals surface area (Å²) in [6, 6.07) is 43.9. The third-order valence-corrected chi connectivity index (χ3v) is 13.7. The molecule has 0 saturated heterocycles. The number of allylic oxidation sites excluding steroid dienone is 4. The molecule has 274 valence electrons. The number of hydrogen-bond acceptors (Lipinski definition) is 2. The van der Waals surface area contributed by atoms with Gasteiger partial charge >= 0.3 is 0 Å². The van der Waals surface area contributed by atoms with Crippen molar-refractivity contribution in [2.24, 2.45) is 5.41 Å². The second-order valence-electron chi connectivity index (χ2n) is 19.0. The molecule has 6 aromatic carbocycles. The van der Waals surface area contributed by atoms with E-state index in [0.717, 1.165) is 12.8 Å². The molecular formula is C53H52N2. The maximum Gasteiger partial charge on any atom is 0.0545 e. The first-order valence-electron chi connectivity index (χ1n) is 20.2. The van der Waals surface area contributed by atoms with Crippen LogP contribution >= 0.6 is 0 Å². The Morgan fingerprint density at radius 2 is 1.02 bits per heavy atom. The van der Waals surface area contributed by atoms with Crippen LogP contribution in [0, 0.1) is 5.41 Å². The maximum absolute atomic E-state index is 2.67. The first kappa shape index (κ1) is 34.2. The highest BCUT2D eigenvalue weighted by Crippen LogP contribution is 2.66. The molecule has 0 saturated carbocycles. The Kier molecular flexibility index (Phi) is 7.06. The van der Waals surface area contributed by atoms with Gasteiger partial charge in [-0.15, -0.1) is 0 Å². The van der Waals surface area contributed by atoms with Crippen molar-refractivity contribution < 1.29 is 0 Å². The standard InChI is InChI=1S/C53H52N2/c1-50(2,3)35-25-29-37(30-26-35)54(36-27-23-34(24-28-36)40-18-12-16-33-15-10-11-17-39(33)40)38-31-45-49-46(32-38)53(8,9)44-22-14-20-42-48(44)55(49)47-41(51(42,4)5)19-13-21-43(47)52(45,6)7/h10-25,27-29,31-32H,26,30H2,1-9H3. The van der Waals surface area contributed by atoms with E-state index in [1.165, 1.54) is 95.0 Å². The number of para-hydroxylation sites is 2.